The van der Waals surface area contributed by atoms with E-state index in [9.17, 15) is 14.9 Å². The Morgan fingerprint density at radius 1 is 1.55 bits per heavy atom. The van der Waals surface area contributed by atoms with Gasteiger partial charge in [0.15, 0.2) is 0 Å². The second-order valence-corrected chi connectivity index (χ2v) is 5.83. The number of carboxylic acid groups (broad SMARTS) is 1. The maximum Gasteiger partial charge on any atom is 0.320 e. The minimum Gasteiger partial charge on any atom is -0.480 e. The molecule has 0 aliphatic heterocycles. The average molecular weight is 303 g/mol. The summed E-state index contributed by atoms with van der Waals surface area (Å²) in [6, 6.07) is 2.29. The summed E-state index contributed by atoms with van der Waals surface area (Å²) < 4.78 is 0. The number of rotatable bonds is 5. The first-order chi connectivity index (χ1) is 10.4. The van der Waals surface area contributed by atoms with Crippen LogP contribution in [0.15, 0.2) is 12.1 Å². The van der Waals surface area contributed by atoms with E-state index in [0.717, 1.165) is 35.0 Å². The summed E-state index contributed by atoms with van der Waals surface area (Å²) in [5.74, 6) is -0.676. The Labute approximate surface area is 126 Å². The van der Waals surface area contributed by atoms with Crippen molar-refractivity contribution in [2.24, 2.45) is 5.73 Å². The Bertz CT molecular complexity index is 777. The number of nitrogens with two attached hydrogens (primary N) is 1. The van der Waals surface area contributed by atoms with Gasteiger partial charge in [0.1, 0.15) is 11.6 Å². The zero-order chi connectivity index (χ0) is 16.0. The molecule has 1 unspecified atom stereocenters. The van der Waals surface area contributed by atoms with Crippen molar-refractivity contribution in [2.45, 2.75) is 38.1 Å². The molecule has 116 valence electrons. The number of carboxylic acids is 1. The molecular weight excluding hydrogens is 286 g/mol. The van der Waals surface area contributed by atoms with Crippen molar-refractivity contribution in [2.75, 3.05) is 0 Å². The lowest BCUT2D eigenvalue weighted by Gasteiger charge is -2.09. The summed E-state index contributed by atoms with van der Waals surface area (Å²) >= 11 is 0. The molecule has 0 saturated heterocycles. The predicted octanol–water partition coefficient (Wildman–Crippen LogP) is 2.22. The minimum atomic E-state index is -1.08. The summed E-state index contributed by atoms with van der Waals surface area (Å²) in [5.41, 5.74) is 8.71. The summed E-state index contributed by atoms with van der Waals surface area (Å²) in [6.07, 6.45) is 2.27. The van der Waals surface area contributed by atoms with Gasteiger partial charge in [-0.15, -0.1) is 0 Å². The van der Waals surface area contributed by atoms with E-state index < -0.39 is 16.9 Å². The van der Waals surface area contributed by atoms with Crippen LogP contribution in [0.2, 0.25) is 0 Å². The topological polar surface area (TPSA) is 122 Å². The maximum atomic E-state index is 11.2. The van der Waals surface area contributed by atoms with E-state index in [0.29, 0.717) is 11.4 Å². The SMILES string of the molecule is Cc1[nH]c2c([N+](=O)[O-])ccc(C3CC3)c2c1CC(N)C(=O)O. The van der Waals surface area contributed by atoms with Crippen molar-refractivity contribution in [1.29, 1.82) is 0 Å². The molecule has 7 heteroatoms. The zero-order valence-electron chi connectivity index (χ0n) is 12.1. The van der Waals surface area contributed by atoms with Crippen molar-refractivity contribution in [3.63, 3.8) is 0 Å². The molecular formula is C15H17N3O4. The van der Waals surface area contributed by atoms with E-state index in [1.54, 1.807) is 13.0 Å². The number of aromatic nitrogens is 1. The lowest BCUT2D eigenvalue weighted by atomic mass is 9.96. The highest BCUT2D eigenvalue weighted by Gasteiger charge is 2.30. The van der Waals surface area contributed by atoms with E-state index in [2.05, 4.69) is 4.98 Å². The van der Waals surface area contributed by atoms with Gasteiger partial charge in [-0.2, -0.15) is 0 Å². The molecule has 3 rings (SSSR count). The molecule has 1 aliphatic rings. The molecule has 1 fully saturated rings. The fourth-order valence-electron chi connectivity index (χ4n) is 2.96. The highest BCUT2D eigenvalue weighted by Crippen LogP contribution is 2.46. The number of nitrogens with one attached hydrogen (secondary N) is 1. The number of H-pyrrole nitrogens is 1. The van der Waals surface area contributed by atoms with Gasteiger partial charge in [-0.3, -0.25) is 14.9 Å². The summed E-state index contributed by atoms with van der Waals surface area (Å²) in [6.45, 7) is 1.80. The Morgan fingerprint density at radius 3 is 2.77 bits per heavy atom. The number of nitrogens with zero attached hydrogens (tertiary/aromatic N) is 1. The smallest absolute Gasteiger partial charge is 0.320 e. The van der Waals surface area contributed by atoms with E-state index in [1.165, 1.54) is 6.07 Å². The summed E-state index contributed by atoms with van der Waals surface area (Å²) in [4.78, 5) is 24.9. The monoisotopic (exact) mass is 303 g/mol. The third kappa shape index (κ3) is 2.33. The van der Waals surface area contributed by atoms with Crippen molar-refractivity contribution in [3.8, 4) is 0 Å². The average Bonchev–Trinajstić information content (AvgIpc) is 3.23. The number of nitro groups is 1. The van der Waals surface area contributed by atoms with E-state index in [4.69, 9.17) is 10.8 Å². The van der Waals surface area contributed by atoms with Crippen molar-refractivity contribution in [3.05, 3.63) is 39.1 Å². The van der Waals surface area contributed by atoms with Gasteiger partial charge in [0, 0.05) is 23.6 Å². The van der Waals surface area contributed by atoms with Crippen LogP contribution in [0.3, 0.4) is 0 Å². The van der Waals surface area contributed by atoms with Crippen molar-refractivity contribution < 1.29 is 14.8 Å². The number of nitro benzene ring substituents is 1. The first kappa shape index (κ1) is 14.5. The molecule has 1 atom stereocenters. The Hall–Kier alpha value is -2.41. The van der Waals surface area contributed by atoms with Gasteiger partial charge in [-0.05, 0) is 36.8 Å². The summed E-state index contributed by atoms with van der Waals surface area (Å²) in [5, 5.41) is 21.0. The Kier molecular flexibility index (Phi) is 3.37. The molecule has 1 aliphatic carbocycles. The van der Waals surface area contributed by atoms with Crippen LogP contribution in [0.25, 0.3) is 10.9 Å². The second kappa shape index (κ2) is 5.10. The highest BCUT2D eigenvalue weighted by atomic mass is 16.6. The molecule has 2 aromatic rings. The number of carbonyl (C=O) groups is 1. The number of aromatic amines is 1. The quantitative estimate of drug-likeness (QED) is 0.577. The van der Waals surface area contributed by atoms with Crippen LogP contribution in [0.1, 0.15) is 35.6 Å². The van der Waals surface area contributed by atoms with Gasteiger partial charge in [-0.1, -0.05) is 6.07 Å². The molecule has 7 nitrogen and oxygen atoms in total. The number of hydrogen-bond acceptors (Lipinski definition) is 4. The van der Waals surface area contributed by atoms with Crippen molar-refractivity contribution in [1.82, 2.24) is 4.98 Å². The van der Waals surface area contributed by atoms with Gasteiger partial charge in [0.25, 0.3) is 5.69 Å². The minimum absolute atomic E-state index is 0.0117. The van der Waals surface area contributed by atoms with E-state index in [1.807, 2.05) is 0 Å². The third-order valence-corrected chi connectivity index (χ3v) is 4.24. The molecule has 1 aromatic heterocycles. The number of non-ortho nitro benzene ring substituents is 1. The molecule has 0 bridgehead atoms. The zero-order valence-corrected chi connectivity index (χ0v) is 12.1. The van der Waals surface area contributed by atoms with Gasteiger partial charge in [-0.25, -0.2) is 0 Å². The van der Waals surface area contributed by atoms with Crippen LogP contribution >= 0.6 is 0 Å². The number of aliphatic carboxylic acids is 1. The van der Waals surface area contributed by atoms with Gasteiger partial charge in [0.2, 0.25) is 0 Å². The van der Waals surface area contributed by atoms with Crippen LogP contribution in [0.5, 0.6) is 0 Å². The van der Waals surface area contributed by atoms with Crippen LogP contribution in [0, 0.1) is 17.0 Å². The van der Waals surface area contributed by atoms with Gasteiger partial charge < -0.3 is 15.8 Å². The molecule has 22 heavy (non-hydrogen) atoms. The Morgan fingerprint density at radius 2 is 2.23 bits per heavy atom. The maximum absolute atomic E-state index is 11.2. The predicted molar refractivity (Wildman–Crippen MR) is 81.0 cm³/mol. The third-order valence-electron chi connectivity index (χ3n) is 4.24. The molecule has 1 heterocycles. The van der Waals surface area contributed by atoms with E-state index in [-0.39, 0.29) is 12.1 Å². The number of benzene rings is 1. The van der Waals surface area contributed by atoms with Crippen LogP contribution in [-0.4, -0.2) is 27.0 Å². The number of hydrogen-bond donors (Lipinski definition) is 3. The standard InChI is InChI=1S/C15H17N3O4/c1-7-10(6-11(16)15(19)20)13-9(8-2-3-8)4-5-12(18(21)22)14(13)17-7/h4-5,8,11,17H,2-3,6,16H2,1H3,(H,19,20). The molecule has 1 saturated carbocycles. The van der Waals surface area contributed by atoms with Crippen LogP contribution in [0.4, 0.5) is 5.69 Å². The van der Waals surface area contributed by atoms with E-state index >= 15 is 0 Å². The molecule has 0 radical (unpaired) electrons. The largest absolute Gasteiger partial charge is 0.480 e. The lowest BCUT2D eigenvalue weighted by Crippen LogP contribution is -2.32. The lowest BCUT2D eigenvalue weighted by molar-refractivity contribution is -0.383. The van der Waals surface area contributed by atoms with Crippen molar-refractivity contribution >= 4 is 22.6 Å². The first-order valence-corrected chi connectivity index (χ1v) is 7.17. The van der Waals surface area contributed by atoms with Gasteiger partial charge >= 0.3 is 5.97 Å². The fourth-order valence-corrected chi connectivity index (χ4v) is 2.96. The summed E-state index contributed by atoms with van der Waals surface area (Å²) in [7, 11) is 0. The molecule has 1 aromatic carbocycles. The first-order valence-electron chi connectivity index (χ1n) is 7.17. The number of aryl methyl sites for hydroxylation is 1. The van der Waals surface area contributed by atoms with Gasteiger partial charge in [0.05, 0.1) is 4.92 Å². The molecule has 0 spiro atoms. The fraction of sp³-hybridized carbons (Fsp3) is 0.400. The number of fused-ring (bicyclic) bond motifs is 1. The normalized spacial score (nSPS) is 15.9. The highest BCUT2D eigenvalue weighted by molar-refractivity contribution is 5.95. The van der Waals surface area contributed by atoms with Crippen LogP contribution < -0.4 is 5.73 Å². The second-order valence-electron chi connectivity index (χ2n) is 5.83. The van der Waals surface area contributed by atoms with Crippen LogP contribution in [-0.2, 0) is 11.2 Å². The molecule has 4 N–H and O–H groups in total. The molecule has 0 amide bonds. The Balaban J connectivity index is 2.22.